The molecule has 0 saturated heterocycles. The summed E-state index contributed by atoms with van der Waals surface area (Å²) in [6.07, 6.45) is 1.40. The maximum Gasteiger partial charge on any atom is 0.228 e. The van der Waals surface area contributed by atoms with Gasteiger partial charge >= 0.3 is 0 Å². The molecule has 0 aliphatic rings. The molecular weight excluding hydrogens is 328 g/mol. The lowest BCUT2D eigenvalue weighted by Crippen LogP contribution is -2.35. The van der Waals surface area contributed by atoms with Crippen molar-refractivity contribution >= 4 is 5.91 Å². The number of aryl methyl sites for hydroxylation is 1. The van der Waals surface area contributed by atoms with Crippen LogP contribution in [0.25, 0.3) is 11.5 Å². The van der Waals surface area contributed by atoms with Gasteiger partial charge in [-0.3, -0.25) is 4.79 Å². The minimum absolute atomic E-state index is 0.0185. The molecule has 0 radical (unpaired) electrons. The van der Waals surface area contributed by atoms with Gasteiger partial charge in [0.15, 0.2) is 0 Å². The first-order chi connectivity index (χ1) is 12.5. The summed E-state index contributed by atoms with van der Waals surface area (Å²) in [5.41, 5.74) is 1.55. The minimum atomic E-state index is -0.0185. The Labute approximate surface area is 155 Å². The topological polar surface area (TPSA) is 73.4 Å². The van der Waals surface area contributed by atoms with Gasteiger partial charge in [-0.05, 0) is 46.1 Å². The van der Waals surface area contributed by atoms with Crippen molar-refractivity contribution in [2.45, 2.75) is 26.2 Å². The highest BCUT2D eigenvalue weighted by molar-refractivity contribution is 5.78. The van der Waals surface area contributed by atoms with Gasteiger partial charge in [-0.15, -0.1) is 0 Å². The lowest BCUT2D eigenvalue weighted by atomic mass is 10.2. The second-order valence-electron chi connectivity index (χ2n) is 6.51. The van der Waals surface area contributed by atoms with Gasteiger partial charge in [0.2, 0.25) is 11.8 Å². The van der Waals surface area contributed by atoms with E-state index in [0.717, 1.165) is 18.5 Å². The second kappa shape index (κ2) is 9.73. The number of carbonyl (C=O) groups excluding carboxylic acids is 1. The number of amides is 1. The van der Waals surface area contributed by atoms with Crippen molar-refractivity contribution in [3.63, 3.8) is 0 Å². The Balaban J connectivity index is 2.05. The van der Waals surface area contributed by atoms with E-state index in [1.54, 1.807) is 4.90 Å². The number of aromatic nitrogens is 1. The van der Waals surface area contributed by atoms with E-state index < -0.39 is 0 Å². The van der Waals surface area contributed by atoms with Crippen molar-refractivity contribution in [3.8, 4) is 17.5 Å². The molecule has 1 amide bonds. The van der Waals surface area contributed by atoms with Gasteiger partial charge < -0.3 is 14.2 Å². The van der Waals surface area contributed by atoms with Crippen LogP contribution < -0.4 is 0 Å². The molecule has 0 spiro atoms. The molecule has 0 unspecified atom stereocenters. The summed E-state index contributed by atoms with van der Waals surface area (Å²) in [6, 6.07) is 11.8. The Morgan fingerprint density at radius 3 is 2.58 bits per heavy atom. The lowest BCUT2D eigenvalue weighted by Gasteiger charge is -2.22. The Morgan fingerprint density at radius 1 is 1.19 bits per heavy atom. The van der Waals surface area contributed by atoms with Crippen LogP contribution in [-0.2, 0) is 11.2 Å². The molecule has 1 heterocycles. The summed E-state index contributed by atoms with van der Waals surface area (Å²) in [5, 5.41) is 8.85. The Morgan fingerprint density at radius 2 is 1.92 bits per heavy atom. The fourth-order valence-corrected chi connectivity index (χ4v) is 2.68. The van der Waals surface area contributed by atoms with E-state index in [1.807, 2.05) is 51.4 Å². The monoisotopic (exact) mass is 354 g/mol. The summed E-state index contributed by atoms with van der Waals surface area (Å²) in [4.78, 5) is 21.1. The van der Waals surface area contributed by atoms with E-state index in [4.69, 9.17) is 9.68 Å². The number of nitriles is 1. The Bertz CT molecular complexity index is 747. The number of oxazole rings is 1. The smallest absolute Gasteiger partial charge is 0.228 e. The van der Waals surface area contributed by atoms with Gasteiger partial charge in [-0.2, -0.15) is 5.26 Å². The third-order valence-corrected chi connectivity index (χ3v) is 4.11. The average Bonchev–Trinajstić information content (AvgIpc) is 2.99. The molecule has 2 rings (SSSR count). The van der Waals surface area contributed by atoms with Crippen LogP contribution in [0.3, 0.4) is 0 Å². The first-order valence-corrected chi connectivity index (χ1v) is 8.82. The third kappa shape index (κ3) is 5.71. The molecule has 0 fully saturated rings. The number of benzene rings is 1. The van der Waals surface area contributed by atoms with Crippen LogP contribution in [0.2, 0.25) is 0 Å². The molecule has 0 bridgehead atoms. The molecule has 2 aromatic rings. The van der Waals surface area contributed by atoms with Gasteiger partial charge in [0.1, 0.15) is 5.76 Å². The molecule has 6 nitrogen and oxygen atoms in total. The number of hydrogen-bond acceptors (Lipinski definition) is 5. The van der Waals surface area contributed by atoms with Crippen molar-refractivity contribution in [2.75, 3.05) is 33.7 Å². The summed E-state index contributed by atoms with van der Waals surface area (Å²) >= 11 is 0. The highest BCUT2D eigenvalue weighted by Crippen LogP contribution is 2.22. The van der Waals surface area contributed by atoms with E-state index in [2.05, 4.69) is 16.0 Å². The minimum Gasteiger partial charge on any atom is -0.441 e. The predicted octanol–water partition coefficient (Wildman–Crippen LogP) is 2.89. The fourth-order valence-electron chi connectivity index (χ4n) is 2.68. The van der Waals surface area contributed by atoms with E-state index in [-0.39, 0.29) is 12.3 Å². The largest absolute Gasteiger partial charge is 0.441 e. The molecule has 0 aliphatic heterocycles. The summed E-state index contributed by atoms with van der Waals surface area (Å²) in [7, 11) is 4.01. The van der Waals surface area contributed by atoms with E-state index >= 15 is 0 Å². The quantitative estimate of drug-likeness (QED) is 0.692. The molecule has 1 aromatic heterocycles. The van der Waals surface area contributed by atoms with Crippen molar-refractivity contribution < 1.29 is 9.21 Å². The number of hydrogen-bond donors (Lipinski definition) is 0. The van der Waals surface area contributed by atoms with Crippen LogP contribution in [-0.4, -0.2) is 54.4 Å². The van der Waals surface area contributed by atoms with Crippen LogP contribution in [0.5, 0.6) is 0 Å². The molecular formula is C20H26N4O2. The number of carbonyl (C=O) groups is 1. The first kappa shape index (κ1) is 19.7. The van der Waals surface area contributed by atoms with Crippen molar-refractivity contribution in [2.24, 2.45) is 0 Å². The van der Waals surface area contributed by atoms with Crippen molar-refractivity contribution in [1.82, 2.24) is 14.8 Å². The van der Waals surface area contributed by atoms with Gasteiger partial charge in [0.05, 0.1) is 24.6 Å². The average molecular weight is 354 g/mol. The highest BCUT2D eigenvalue weighted by Gasteiger charge is 2.19. The highest BCUT2D eigenvalue weighted by atomic mass is 16.4. The Hall–Kier alpha value is -2.65. The molecule has 0 N–H and O–H groups in total. The molecule has 0 saturated carbocycles. The molecule has 1 aromatic carbocycles. The van der Waals surface area contributed by atoms with Gasteiger partial charge in [-0.1, -0.05) is 18.2 Å². The Kier molecular flexibility index (Phi) is 7.37. The van der Waals surface area contributed by atoms with Gasteiger partial charge in [0, 0.05) is 18.7 Å². The van der Waals surface area contributed by atoms with E-state index in [1.165, 1.54) is 0 Å². The van der Waals surface area contributed by atoms with Crippen LogP contribution in [0.1, 0.15) is 24.3 Å². The zero-order valence-corrected chi connectivity index (χ0v) is 15.7. The summed E-state index contributed by atoms with van der Waals surface area (Å²) < 4.78 is 5.73. The SMILES string of the molecule is Cc1oc(-c2ccccc2)nc1CC(=O)N(CCC#N)CCCN(C)C. The van der Waals surface area contributed by atoms with Crippen LogP contribution in [0.4, 0.5) is 0 Å². The van der Waals surface area contributed by atoms with E-state index in [9.17, 15) is 4.79 Å². The fraction of sp³-hybridized carbons (Fsp3) is 0.450. The zero-order valence-electron chi connectivity index (χ0n) is 15.7. The number of rotatable bonds is 9. The zero-order chi connectivity index (χ0) is 18.9. The molecule has 0 aliphatic carbocycles. The molecule has 6 heteroatoms. The standard InChI is InChI=1S/C20H26N4O2/c1-16-18(22-20(26-16)17-9-5-4-6-10-17)15-19(25)24(13-7-11-21)14-8-12-23(2)3/h4-6,9-10H,7-8,12-15H2,1-3H3. The van der Waals surface area contributed by atoms with Crippen LogP contribution in [0, 0.1) is 18.3 Å². The number of nitrogens with zero attached hydrogens (tertiary/aromatic N) is 4. The third-order valence-electron chi connectivity index (χ3n) is 4.11. The van der Waals surface area contributed by atoms with E-state index in [0.29, 0.717) is 36.9 Å². The maximum atomic E-state index is 12.7. The maximum absolute atomic E-state index is 12.7. The van der Waals surface area contributed by atoms with Crippen LogP contribution >= 0.6 is 0 Å². The normalized spacial score (nSPS) is 10.7. The predicted molar refractivity (Wildman–Crippen MR) is 100 cm³/mol. The molecule has 0 atom stereocenters. The summed E-state index contributed by atoms with van der Waals surface area (Å²) in [5.74, 6) is 1.17. The van der Waals surface area contributed by atoms with Gasteiger partial charge in [-0.25, -0.2) is 4.98 Å². The lowest BCUT2D eigenvalue weighted by molar-refractivity contribution is -0.130. The second-order valence-corrected chi connectivity index (χ2v) is 6.51. The van der Waals surface area contributed by atoms with Crippen LogP contribution in [0.15, 0.2) is 34.7 Å². The summed E-state index contributed by atoms with van der Waals surface area (Å²) in [6.45, 7) is 3.82. The van der Waals surface area contributed by atoms with Crippen molar-refractivity contribution in [3.05, 3.63) is 41.8 Å². The molecule has 138 valence electrons. The molecule has 26 heavy (non-hydrogen) atoms. The first-order valence-electron chi connectivity index (χ1n) is 8.82. The van der Waals surface area contributed by atoms with Crippen molar-refractivity contribution in [1.29, 1.82) is 5.26 Å². The van der Waals surface area contributed by atoms with Gasteiger partial charge in [0.25, 0.3) is 0 Å².